The molecule has 30 heavy (non-hydrogen) atoms. The van der Waals surface area contributed by atoms with Crippen molar-refractivity contribution in [2.24, 2.45) is 5.92 Å². The number of hydrogen-bond acceptors (Lipinski definition) is 5. The SMILES string of the molecule is CON(C)S(=O)(=O)c1ccc(C(=O)NCC2CCN(c3ccc(F)c(F)c3)C2)cc1. The monoisotopic (exact) mass is 439 g/mol. The first kappa shape index (κ1) is 22.1. The van der Waals surface area contributed by atoms with Crippen LogP contribution in [0.1, 0.15) is 16.8 Å². The fraction of sp³-hybridized carbons (Fsp3) is 0.350. The van der Waals surface area contributed by atoms with E-state index in [0.29, 0.717) is 30.9 Å². The van der Waals surface area contributed by atoms with Crippen molar-refractivity contribution in [3.05, 3.63) is 59.7 Å². The third-order valence-electron chi connectivity index (χ3n) is 5.12. The first-order valence-electron chi connectivity index (χ1n) is 9.33. The van der Waals surface area contributed by atoms with Crippen LogP contribution in [0.3, 0.4) is 0 Å². The van der Waals surface area contributed by atoms with E-state index in [0.717, 1.165) is 17.0 Å². The molecule has 1 amide bonds. The van der Waals surface area contributed by atoms with Gasteiger partial charge in [0.05, 0.1) is 12.0 Å². The van der Waals surface area contributed by atoms with Gasteiger partial charge in [-0.3, -0.25) is 9.63 Å². The Balaban J connectivity index is 1.55. The van der Waals surface area contributed by atoms with Crippen molar-refractivity contribution < 1.29 is 26.8 Å². The minimum atomic E-state index is -3.77. The van der Waals surface area contributed by atoms with Gasteiger partial charge in [-0.25, -0.2) is 17.2 Å². The number of nitrogens with zero attached hydrogens (tertiary/aromatic N) is 2. The van der Waals surface area contributed by atoms with Gasteiger partial charge in [-0.2, -0.15) is 0 Å². The van der Waals surface area contributed by atoms with Crippen LogP contribution < -0.4 is 10.2 Å². The maximum atomic E-state index is 13.4. The summed E-state index contributed by atoms with van der Waals surface area (Å²) in [6, 6.07) is 9.39. The number of hydroxylamine groups is 1. The molecule has 162 valence electrons. The van der Waals surface area contributed by atoms with Gasteiger partial charge in [-0.1, -0.05) is 4.47 Å². The van der Waals surface area contributed by atoms with Gasteiger partial charge in [0, 0.05) is 44.0 Å². The summed E-state index contributed by atoms with van der Waals surface area (Å²) in [5, 5.41) is 2.84. The van der Waals surface area contributed by atoms with E-state index in [1.165, 1.54) is 50.6 Å². The third kappa shape index (κ3) is 4.77. The summed E-state index contributed by atoms with van der Waals surface area (Å²) in [5.41, 5.74) is 0.949. The maximum absolute atomic E-state index is 13.4. The Kier molecular flexibility index (Phi) is 6.69. The van der Waals surface area contributed by atoms with E-state index in [4.69, 9.17) is 4.84 Å². The van der Waals surface area contributed by atoms with Crippen LogP contribution >= 0.6 is 0 Å². The summed E-state index contributed by atoms with van der Waals surface area (Å²) in [6.45, 7) is 1.72. The molecule has 0 aromatic heterocycles. The number of rotatable bonds is 7. The van der Waals surface area contributed by atoms with Crippen LogP contribution in [-0.2, 0) is 14.9 Å². The zero-order valence-electron chi connectivity index (χ0n) is 16.6. The predicted molar refractivity (Wildman–Crippen MR) is 107 cm³/mol. The number of benzene rings is 2. The van der Waals surface area contributed by atoms with E-state index >= 15 is 0 Å². The highest BCUT2D eigenvalue weighted by Crippen LogP contribution is 2.25. The molecule has 1 unspecified atom stereocenters. The quantitative estimate of drug-likeness (QED) is 0.671. The smallest absolute Gasteiger partial charge is 0.264 e. The molecule has 2 aromatic rings. The van der Waals surface area contributed by atoms with Crippen LogP contribution in [0.15, 0.2) is 47.4 Å². The fourth-order valence-corrected chi connectivity index (χ4v) is 4.25. The van der Waals surface area contributed by atoms with Crippen molar-refractivity contribution in [2.75, 3.05) is 38.7 Å². The molecule has 0 saturated carbocycles. The van der Waals surface area contributed by atoms with Gasteiger partial charge < -0.3 is 10.2 Å². The molecular formula is C20H23F2N3O4S. The zero-order chi connectivity index (χ0) is 21.9. The van der Waals surface area contributed by atoms with Crippen LogP contribution in [0.4, 0.5) is 14.5 Å². The Morgan fingerprint density at radius 1 is 1.20 bits per heavy atom. The average molecular weight is 439 g/mol. The molecule has 1 aliphatic heterocycles. The lowest BCUT2D eigenvalue weighted by atomic mass is 10.1. The molecule has 0 bridgehead atoms. The molecule has 1 saturated heterocycles. The molecule has 7 nitrogen and oxygen atoms in total. The number of nitrogens with one attached hydrogen (secondary N) is 1. The topological polar surface area (TPSA) is 78.9 Å². The van der Waals surface area contributed by atoms with E-state index in [1.54, 1.807) is 0 Å². The molecule has 1 aliphatic rings. The first-order chi connectivity index (χ1) is 14.2. The summed E-state index contributed by atoms with van der Waals surface area (Å²) in [7, 11) is -1.25. The summed E-state index contributed by atoms with van der Waals surface area (Å²) >= 11 is 0. The zero-order valence-corrected chi connectivity index (χ0v) is 17.5. The van der Waals surface area contributed by atoms with Crippen molar-refractivity contribution in [3.63, 3.8) is 0 Å². The van der Waals surface area contributed by atoms with Gasteiger partial charge in [0.25, 0.3) is 15.9 Å². The molecule has 0 radical (unpaired) electrons. The van der Waals surface area contributed by atoms with Crippen LogP contribution in [0.2, 0.25) is 0 Å². The molecule has 0 aliphatic carbocycles. The van der Waals surface area contributed by atoms with Gasteiger partial charge in [0.1, 0.15) is 0 Å². The van der Waals surface area contributed by atoms with E-state index in [9.17, 15) is 22.0 Å². The standard InChI is InChI=1S/C20H23F2N3O4S/c1-24(29-2)30(27,28)17-6-3-15(4-7-17)20(26)23-12-14-9-10-25(13-14)16-5-8-18(21)19(22)11-16/h3-8,11,14H,9-10,12-13H2,1-2H3,(H,23,26). The molecular weight excluding hydrogens is 416 g/mol. The van der Waals surface area contributed by atoms with Gasteiger partial charge in [-0.15, -0.1) is 0 Å². The van der Waals surface area contributed by atoms with E-state index in [-0.39, 0.29) is 16.7 Å². The Morgan fingerprint density at radius 3 is 2.53 bits per heavy atom. The lowest BCUT2D eigenvalue weighted by Gasteiger charge is -2.19. The second-order valence-electron chi connectivity index (χ2n) is 7.03. The highest BCUT2D eigenvalue weighted by Gasteiger charge is 2.24. The molecule has 0 spiro atoms. The molecule has 1 N–H and O–H groups in total. The van der Waals surface area contributed by atoms with Crippen molar-refractivity contribution >= 4 is 21.6 Å². The number of carbonyl (C=O) groups is 1. The van der Waals surface area contributed by atoms with Crippen molar-refractivity contribution in [1.29, 1.82) is 0 Å². The molecule has 1 fully saturated rings. The normalized spacial score (nSPS) is 16.8. The Morgan fingerprint density at radius 2 is 1.90 bits per heavy atom. The first-order valence-corrected chi connectivity index (χ1v) is 10.8. The summed E-state index contributed by atoms with van der Waals surface area (Å²) in [6.07, 6.45) is 0.805. The second kappa shape index (κ2) is 9.07. The lowest BCUT2D eigenvalue weighted by molar-refractivity contribution is -0.0258. The van der Waals surface area contributed by atoms with Gasteiger partial charge in [0.2, 0.25) is 0 Å². The second-order valence-corrected chi connectivity index (χ2v) is 8.97. The number of anilines is 1. The Labute approximate surface area is 174 Å². The number of hydrogen-bond donors (Lipinski definition) is 1. The third-order valence-corrected chi connectivity index (χ3v) is 6.81. The number of amides is 1. The lowest BCUT2D eigenvalue weighted by Crippen LogP contribution is -2.31. The predicted octanol–water partition coefficient (Wildman–Crippen LogP) is 2.40. The van der Waals surface area contributed by atoms with E-state index < -0.39 is 21.7 Å². The van der Waals surface area contributed by atoms with Crippen molar-refractivity contribution in [1.82, 2.24) is 9.79 Å². The molecule has 3 rings (SSSR count). The van der Waals surface area contributed by atoms with Crippen molar-refractivity contribution in [2.45, 2.75) is 11.3 Å². The van der Waals surface area contributed by atoms with E-state index in [2.05, 4.69) is 5.32 Å². The highest BCUT2D eigenvalue weighted by molar-refractivity contribution is 7.89. The van der Waals surface area contributed by atoms with Gasteiger partial charge in [-0.05, 0) is 48.7 Å². The van der Waals surface area contributed by atoms with Crippen LogP contribution in [-0.4, -0.2) is 52.6 Å². The number of halogens is 2. The molecule has 2 aromatic carbocycles. The number of carbonyl (C=O) groups excluding carboxylic acids is 1. The Bertz CT molecular complexity index is 1020. The summed E-state index contributed by atoms with van der Waals surface area (Å²) in [4.78, 5) is 19.1. The van der Waals surface area contributed by atoms with Gasteiger partial charge >= 0.3 is 0 Å². The summed E-state index contributed by atoms with van der Waals surface area (Å²) < 4.78 is 51.6. The maximum Gasteiger partial charge on any atom is 0.264 e. The summed E-state index contributed by atoms with van der Waals surface area (Å²) in [5.74, 6) is -1.91. The molecule has 1 heterocycles. The largest absolute Gasteiger partial charge is 0.371 e. The van der Waals surface area contributed by atoms with Crippen molar-refractivity contribution in [3.8, 4) is 0 Å². The minimum absolute atomic E-state index is 0.0152. The number of sulfonamides is 1. The average Bonchev–Trinajstić information content (AvgIpc) is 3.22. The fourth-order valence-electron chi connectivity index (χ4n) is 3.28. The van der Waals surface area contributed by atoms with Gasteiger partial charge in [0.15, 0.2) is 11.6 Å². The Hall–Kier alpha value is -2.56. The highest BCUT2D eigenvalue weighted by atomic mass is 32.2. The van der Waals surface area contributed by atoms with Crippen LogP contribution in [0.25, 0.3) is 0 Å². The van der Waals surface area contributed by atoms with E-state index in [1.807, 2.05) is 4.90 Å². The van der Waals surface area contributed by atoms with Crippen LogP contribution in [0.5, 0.6) is 0 Å². The molecule has 1 atom stereocenters. The molecule has 10 heteroatoms. The minimum Gasteiger partial charge on any atom is -0.371 e. The van der Waals surface area contributed by atoms with Crippen LogP contribution in [0, 0.1) is 17.6 Å².